The molecule has 1 aliphatic rings. The Morgan fingerprint density at radius 2 is 2.08 bits per heavy atom. The Kier molecular flexibility index (Phi) is 4.57. The number of benzene rings is 1. The molecule has 0 unspecified atom stereocenters. The molecule has 124 valence electrons. The Morgan fingerprint density at radius 3 is 2.75 bits per heavy atom. The number of nitrogens with zero attached hydrogens (tertiary/aromatic N) is 1. The lowest BCUT2D eigenvalue weighted by molar-refractivity contribution is -0.138. The highest BCUT2D eigenvalue weighted by Crippen LogP contribution is 2.37. The van der Waals surface area contributed by atoms with Gasteiger partial charge in [0.15, 0.2) is 5.71 Å². The Bertz CT molecular complexity index is 917. The van der Waals surface area contributed by atoms with Gasteiger partial charge >= 0.3 is 11.9 Å². The zero-order valence-electron chi connectivity index (χ0n) is 11.8. The van der Waals surface area contributed by atoms with Crippen LogP contribution in [0.2, 0.25) is 0 Å². The van der Waals surface area contributed by atoms with E-state index in [1.807, 2.05) is 0 Å². The molecule has 0 spiro atoms. The van der Waals surface area contributed by atoms with Crippen LogP contribution in [0.5, 0.6) is 0 Å². The molecule has 1 aromatic heterocycles. The van der Waals surface area contributed by atoms with Crippen LogP contribution in [-0.2, 0) is 9.53 Å². The number of ether oxygens (including phenoxy) is 1. The maximum absolute atomic E-state index is 12.4. The SMILES string of the molecule is O=C(OC(Cl)(Cl)CCl)C1=NC=Cc2cccc3sc(C(=O)O)c1c23. The van der Waals surface area contributed by atoms with E-state index in [4.69, 9.17) is 39.5 Å². The van der Waals surface area contributed by atoms with Crippen LogP contribution in [0.4, 0.5) is 0 Å². The predicted molar refractivity (Wildman–Crippen MR) is 95.6 cm³/mol. The number of carboxylic acid groups (broad SMARTS) is 1. The molecule has 0 bridgehead atoms. The summed E-state index contributed by atoms with van der Waals surface area (Å²) in [6.45, 7) is 0. The second-order valence-electron chi connectivity index (χ2n) is 4.79. The summed E-state index contributed by atoms with van der Waals surface area (Å²) in [6, 6.07) is 5.37. The third-order valence-corrected chi connectivity index (χ3v) is 5.44. The van der Waals surface area contributed by atoms with Crippen molar-refractivity contribution in [2.75, 3.05) is 5.88 Å². The van der Waals surface area contributed by atoms with E-state index in [1.54, 1.807) is 24.3 Å². The van der Waals surface area contributed by atoms with Crippen LogP contribution < -0.4 is 0 Å². The molecule has 5 nitrogen and oxygen atoms in total. The molecule has 0 amide bonds. The van der Waals surface area contributed by atoms with Crippen LogP contribution in [0.25, 0.3) is 16.2 Å². The largest absolute Gasteiger partial charge is 0.477 e. The van der Waals surface area contributed by atoms with E-state index in [2.05, 4.69) is 4.99 Å². The van der Waals surface area contributed by atoms with Crippen LogP contribution in [-0.4, -0.2) is 33.2 Å². The highest BCUT2D eigenvalue weighted by Gasteiger charge is 2.34. The van der Waals surface area contributed by atoms with E-state index < -0.39 is 16.5 Å². The van der Waals surface area contributed by atoms with Gasteiger partial charge in [-0.3, -0.25) is 0 Å². The van der Waals surface area contributed by atoms with E-state index in [1.165, 1.54) is 6.20 Å². The number of carboxylic acids is 1. The van der Waals surface area contributed by atoms with Gasteiger partial charge in [-0.05, 0) is 17.7 Å². The number of carbonyl (C=O) groups is 2. The Labute approximate surface area is 155 Å². The number of halogens is 3. The minimum absolute atomic E-state index is 0.0162. The van der Waals surface area contributed by atoms with Crippen molar-refractivity contribution >= 4 is 80.0 Å². The summed E-state index contributed by atoms with van der Waals surface area (Å²) in [4.78, 5) is 28.1. The van der Waals surface area contributed by atoms with E-state index in [9.17, 15) is 14.7 Å². The van der Waals surface area contributed by atoms with Crippen LogP contribution in [0, 0.1) is 0 Å². The van der Waals surface area contributed by atoms with Gasteiger partial charge in [0.1, 0.15) is 4.88 Å². The molecule has 1 aliphatic heterocycles. The predicted octanol–water partition coefficient (Wildman–Crippen LogP) is 4.29. The van der Waals surface area contributed by atoms with E-state index >= 15 is 0 Å². The average Bonchev–Trinajstić information content (AvgIpc) is 2.79. The zero-order chi connectivity index (χ0) is 17.5. The fourth-order valence-corrected chi connectivity index (χ4v) is 3.58. The molecule has 2 heterocycles. The summed E-state index contributed by atoms with van der Waals surface area (Å²) in [5.74, 6) is -2.48. The molecule has 0 radical (unpaired) electrons. The Balaban J connectivity index is 2.21. The molecule has 0 fully saturated rings. The molecule has 0 saturated heterocycles. The number of esters is 1. The molecular weight excluding hydrogens is 397 g/mol. The standard InChI is InChI=1S/C15H8Cl3NO4S/c16-6-15(17,18)23-14(22)11-10-9-7(4-5-19-11)2-1-3-8(9)24-12(10)13(20)21/h1-5H,6H2,(H,20,21). The van der Waals surface area contributed by atoms with Crippen LogP contribution in [0.3, 0.4) is 0 Å². The number of rotatable bonds is 4. The van der Waals surface area contributed by atoms with Gasteiger partial charge in [-0.2, -0.15) is 0 Å². The minimum atomic E-state index is -1.94. The van der Waals surface area contributed by atoms with Gasteiger partial charge in [0.25, 0.3) is 4.52 Å². The molecule has 0 atom stereocenters. The number of thiophene rings is 1. The number of hydrogen-bond acceptors (Lipinski definition) is 5. The number of aliphatic imine (C=N–C) groups is 1. The first-order chi connectivity index (χ1) is 11.3. The zero-order valence-corrected chi connectivity index (χ0v) is 14.8. The Morgan fingerprint density at radius 1 is 1.33 bits per heavy atom. The highest BCUT2D eigenvalue weighted by atomic mass is 35.5. The molecule has 0 aliphatic carbocycles. The summed E-state index contributed by atoms with van der Waals surface area (Å²) < 4.78 is 3.72. The van der Waals surface area contributed by atoms with Crippen molar-refractivity contribution in [3.8, 4) is 0 Å². The first-order valence-corrected chi connectivity index (χ1v) is 8.65. The van der Waals surface area contributed by atoms with Gasteiger partial charge in [-0.1, -0.05) is 35.3 Å². The smallest absolute Gasteiger partial charge is 0.360 e. The molecule has 1 N–H and O–H groups in total. The first-order valence-electron chi connectivity index (χ1n) is 6.54. The maximum atomic E-state index is 12.4. The van der Waals surface area contributed by atoms with Gasteiger partial charge in [-0.25, -0.2) is 14.6 Å². The van der Waals surface area contributed by atoms with Crippen molar-refractivity contribution in [1.82, 2.24) is 0 Å². The van der Waals surface area contributed by atoms with Crippen molar-refractivity contribution in [2.45, 2.75) is 4.52 Å². The van der Waals surface area contributed by atoms with Crippen LogP contribution in [0.1, 0.15) is 20.8 Å². The number of aromatic carboxylic acids is 1. The molecule has 0 saturated carbocycles. The normalized spacial score (nSPS) is 13.5. The average molecular weight is 405 g/mol. The summed E-state index contributed by atoms with van der Waals surface area (Å²) in [5, 5.41) is 10.1. The van der Waals surface area contributed by atoms with Crippen molar-refractivity contribution in [3.05, 3.63) is 40.4 Å². The van der Waals surface area contributed by atoms with Crippen molar-refractivity contribution < 1.29 is 19.4 Å². The van der Waals surface area contributed by atoms with Gasteiger partial charge < -0.3 is 9.84 Å². The summed E-state index contributed by atoms with van der Waals surface area (Å²) in [5.41, 5.74) is 0.751. The summed E-state index contributed by atoms with van der Waals surface area (Å²) in [7, 11) is 0. The van der Waals surface area contributed by atoms with Crippen LogP contribution in [0.15, 0.2) is 29.4 Å². The molecule has 2 aromatic rings. The lowest BCUT2D eigenvalue weighted by Gasteiger charge is -2.17. The Hall–Kier alpha value is -1.60. The van der Waals surface area contributed by atoms with E-state index in [-0.39, 0.29) is 22.0 Å². The number of carbonyl (C=O) groups excluding carboxylic acids is 1. The van der Waals surface area contributed by atoms with Gasteiger partial charge in [0.2, 0.25) is 0 Å². The van der Waals surface area contributed by atoms with Crippen molar-refractivity contribution in [1.29, 1.82) is 0 Å². The van der Waals surface area contributed by atoms with E-state index in [0.717, 1.165) is 16.9 Å². The lowest BCUT2D eigenvalue weighted by atomic mass is 10.0. The minimum Gasteiger partial charge on any atom is -0.477 e. The fraction of sp³-hybridized carbons (Fsp3) is 0.133. The van der Waals surface area contributed by atoms with Crippen molar-refractivity contribution in [2.24, 2.45) is 4.99 Å². The number of alkyl halides is 3. The molecule has 3 rings (SSSR count). The second kappa shape index (κ2) is 6.37. The summed E-state index contributed by atoms with van der Waals surface area (Å²) in [6.07, 6.45) is 3.08. The topological polar surface area (TPSA) is 76.0 Å². The van der Waals surface area contributed by atoms with Crippen LogP contribution >= 0.6 is 46.1 Å². The maximum Gasteiger partial charge on any atom is 0.360 e. The quantitative estimate of drug-likeness (QED) is 0.609. The third-order valence-electron chi connectivity index (χ3n) is 3.23. The van der Waals surface area contributed by atoms with Crippen molar-refractivity contribution in [3.63, 3.8) is 0 Å². The first kappa shape index (κ1) is 17.2. The van der Waals surface area contributed by atoms with E-state index in [0.29, 0.717) is 10.1 Å². The highest BCUT2D eigenvalue weighted by molar-refractivity contribution is 7.21. The number of hydrogen-bond donors (Lipinski definition) is 1. The van der Waals surface area contributed by atoms with Gasteiger partial charge in [0.05, 0.1) is 5.88 Å². The molecular formula is C15H8Cl3NO4S. The monoisotopic (exact) mass is 403 g/mol. The molecule has 1 aromatic carbocycles. The molecule has 9 heteroatoms. The van der Waals surface area contributed by atoms with Gasteiger partial charge in [0, 0.05) is 21.8 Å². The second-order valence-corrected chi connectivity index (χ2v) is 7.52. The fourth-order valence-electron chi connectivity index (χ4n) is 2.31. The third kappa shape index (κ3) is 3.02. The van der Waals surface area contributed by atoms with Gasteiger partial charge in [-0.15, -0.1) is 22.9 Å². The lowest BCUT2D eigenvalue weighted by Crippen LogP contribution is -2.30. The summed E-state index contributed by atoms with van der Waals surface area (Å²) >= 11 is 18.1. The molecule has 24 heavy (non-hydrogen) atoms.